The van der Waals surface area contributed by atoms with Gasteiger partial charge in [0.2, 0.25) is 5.95 Å². The summed E-state index contributed by atoms with van der Waals surface area (Å²) in [4.78, 5) is 0. The van der Waals surface area contributed by atoms with Gasteiger partial charge in [-0.25, -0.2) is 4.68 Å². The van der Waals surface area contributed by atoms with Crippen molar-refractivity contribution in [2.45, 2.75) is 20.1 Å². The van der Waals surface area contributed by atoms with Crippen LogP contribution in [0.3, 0.4) is 0 Å². The highest BCUT2D eigenvalue weighted by Gasteiger charge is 2.08. The Morgan fingerprint density at radius 2 is 1.81 bits per heavy atom. The van der Waals surface area contributed by atoms with E-state index >= 15 is 0 Å². The highest BCUT2D eigenvalue weighted by Crippen LogP contribution is 2.29. The van der Waals surface area contributed by atoms with Crippen LogP contribution < -0.4 is 14.8 Å². The zero-order valence-corrected chi connectivity index (χ0v) is 15.4. The summed E-state index contributed by atoms with van der Waals surface area (Å²) in [7, 11) is 1.78. The van der Waals surface area contributed by atoms with E-state index in [1.807, 2.05) is 49.4 Å². The van der Waals surface area contributed by atoms with Crippen LogP contribution in [-0.4, -0.2) is 26.8 Å². The lowest BCUT2D eigenvalue weighted by Crippen LogP contribution is -2.06. The number of ether oxygens (including phenoxy) is 2. The first-order valence-corrected chi connectivity index (χ1v) is 8.62. The molecule has 1 heterocycles. The number of aromatic nitrogens is 4. The van der Waals surface area contributed by atoms with Crippen LogP contribution in [0.5, 0.6) is 11.5 Å². The number of aryl methyl sites for hydroxylation is 1. The highest BCUT2D eigenvalue weighted by molar-refractivity contribution is 6.30. The van der Waals surface area contributed by atoms with Gasteiger partial charge in [-0.1, -0.05) is 34.9 Å². The zero-order valence-electron chi connectivity index (χ0n) is 14.6. The Kier molecular flexibility index (Phi) is 5.91. The van der Waals surface area contributed by atoms with Gasteiger partial charge in [0.05, 0.1) is 6.61 Å². The van der Waals surface area contributed by atoms with Crippen molar-refractivity contribution in [3.05, 3.63) is 58.6 Å². The Balaban J connectivity index is 1.67. The Morgan fingerprint density at radius 3 is 2.50 bits per heavy atom. The molecule has 0 aliphatic rings. The summed E-state index contributed by atoms with van der Waals surface area (Å²) in [5, 5.41) is 15.2. The molecule has 0 aliphatic heterocycles. The van der Waals surface area contributed by atoms with Gasteiger partial charge >= 0.3 is 0 Å². The molecular formula is C18H20ClN5O2. The van der Waals surface area contributed by atoms with Crippen LogP contribution in [-0.2, 0) is 20.2 Å². The first-order chi connectivity index (χ1) is 12.7. The van der Waals surface area contributed by atoms with E-state index in [4.69, 9.17) is 21.1 Å². The predicted octanol–water partition coefficient (Wildman–Crippen LogP) is 3.45. The Bertz CT molecular complexity index is 851. The highest BCUT2D eigenvalue weighted by atomic mass is 35.5. The van der Waals surface area contributed by atoms with Gasteiger partial charge in [-0.2, -0.15) is 0 Å². The van der Waals surface area contributed by atoms with Crippen LogP contribution in [0.25, 0.3) is 0 Å². The summed E-state index contributed by atoms with van der Waals surface area (Å²) in [5.74, 6) is 2.01. The fourth-order valence-electron chi connectivity index (χ4n) is 2.35. The van der Waals surface area contributed by atoms with E-state index in [0.717, 1.165) is 11.1 Å². The van der Waals surface area contributed by atoms with E-state index in [1.54, 1.807) is 11.7 Å². The Hall–Kier alpha value is -2.80. The first kappa shape index (κ1) is 18.0. The molecule has 0 amide bonds. The number of benzene rings is 2. The van der Waals surface area contributed by atoms with Crippen LogP contribution in [0.15, 0.2) is 42.5 Å². The van der Waals surface area contributed by atoms with Crippen LogP contribution in [0, 0.1) is 0 Å². The molecule has 136 valence electrons. The number of rotatable bonds is 8. The smallest absolute Gasteiger partial charge is 0.242 e. The molecule has 0 aliphatic carbocycles. The molecule has 0 saturated carbocycles. The fourth-order valence-corrected chi connectivity index (χ4v) is 2.48. The van der Waals surface area contributed by atoms with Gasteiger partial charge in [0.25, 0.3) is 0 Å². The topological polar surface area (TPSA) is 74.1 Å². The largest absolute Gasteiger partial charge is 0.490 e. The third-order valence-electron chi connectivity index (χ3n) is 3.69. The molecule has 7 nitrogen and oxygen atoms in total. The maximum Gasteiger partial charge on any atom is 0.242 e. The second-order valence-electron chi connectivity index (χ2n) is 5.61. The van der Waals surface area contributed by atoms with E-state index < -0.39 is 0 Å². The molecule has 0 fully saturated rings. The molecule has 0 bridgehead atoms. The number of hydrogen-bond acceptors (Lipinski definition) is 6. The average molecular weight is 374 g/mol. The number of nitrogens with one attached hydrogen (secondary N) is 1. The molecule has 1 N–H and O–H groups in total. The third-order valence-corrected chi connectivity index (χ3v) is 3.94. The number of anilines is 1. The van der Waals surface area contributed by atoms with Gasteiger partial charge in [0.1, 0.15) is 6.61 Å². The molecule has 0 spiro atoms. The molecule has 0 saturated heterocycles. The van der Waals surface area contributed by atoms with Gasteiger partial charge < -0.3 is 14.8 Å². The third kappa shape index (κ3) is 4.64. The summed E-state index contributed by atoms with van der Waals surface area (Å²) in [6.45, 7) is 3.52. The van der Waals surface area contributed by atoms with Crippen molar-refractivity contribution in [2.24, 2.45) is 7.05 Å². The lowest BCUT2D eigenvalue weighted by atomic mass is 10.2. The van der Waals surface area contributed by atoms with Crippen LogP contribution in [0.1, 0.15) is 18.1 Å². The van der Waals surface area contributed by atoms with Crippen molar-refractivity contribution in [2.75, 3.05) is 11.9 Å². The Morgan fingerprint density at radius 1 is 1.04 bits per heavy atom. The van der Waals surface area contributed by atoms with Crippen LogP contribution in [0.2, 0.25) is 5.02 Å². The molecule has 0 radical (unpaired) electrons. The molecule has 26 heavy (non-hydrogen) atoms. The Labute approximate surface area is 156 Å². The standard InChI is InChI=1S/C18H20ClN5O2/c1-3-25-17-10-14(11-20-18-21-22-23-24(18)2)6-9-16(17)26-12-13-4-7-15(19)8-5-13/h4-10H,3,11-12H2,1-2H3,(H,20,21,23). The lowest BCUT2D eigenvalue weighted by Gasteiger charge is -2.14. The van der Waals surface area contributed by atoms with Crippen molar-refractivity contribution in [1.29, 1.82) is 0 Å². The van der Waals surface area contributed by atoms with Gasteiger partial charge in [-0.15, -0.1) is 0 Å². The zero-order chi connectivity index (χ0) is 18.4. The van der Waals surface area contributed by atoms with Gasteiger partial charge in [-0.3, -0.25) is 0 Å². The number of hydrogen-bond donors (Lipinski definition) is 1. The van der Waals surface area contributed by atoms with Gasteiger partial charge in [0.15, 0.2) is 11.5 Å². The van der Waals surface area contributed by atoms with Crippen molar-refractivity contribution in [3.63, 3.8) is 0 Å². The minimum atomic E-state index is 0.444. The van der Waals surface area contributed by atoms with Gasteiger partial charge in [0, 0.05) is 18.6 Å². The molecule has 0 atom stereocenters. The maximum absolute atomic E-state index is 5.92. The normalized spacial score (nSPS) is 10.6. The SMILES string of the molecule is CCOc1cc(CNc2nnnn2C)ccc1OCc1ccc(Cl)cc1. The molecule has 1 aromatic heterocycles. The van der Waals surface area contributed by atoms with E-state index in [2.05, 4.69) is 20.8 Å². The van der Waals surface area contributed by atoms with Crippen molar-refractivity contribution in [3.8, 4) is 11.5 Å². The van der Waals surface area contributed by atoms with E-state index in [1.165, 1.54) is 0 Å². The average Bonchev–Trinajstić information content (AvgIpc) is 3.06. The monoisotopic (exact) mass is 373 g/mol. The first-order valence-electron chi connectivity index (χ1n) is 8.25. The molecule has 3 rings (SSSR count). The minimum absolute atomic E-state index is 0.444. The molecule has 2 aromatic carbocycles. The van der Waals surface area contributed by atoms with Crippen LogP contribution in [0.4, 0.5) is 5.95 Å². The minimum Gasteiger partial charge on any atom is -0.490 e. The molecular weight excluding hydrogens is 354 g/mol. The number of halogens is 1. The molecule has 3 aromatic rings. The number of tetrazole rings is 1. The molecule has 0 unspecified atom stereocenters. The summed E-state index contributed by atoms with van der Waals surface area (Å²) in [6.07, 6.45) is 0. The predicted molar refractivity (Wildman–Crippen MR) is 99.5 cm³/mol. The van der Waals surface area contributed by atoms with Crippen molar-refractivity contribution >= 4 is 17.5 Å². The second kappa shape index (κ2) is 8.53. The summed E-state index contributed by atoms with van der Waals surface area (Å²) in [6, 6.07) is 13.4. The summed E-state index contributed by atoms with van der Waals surface area (Å²) < 4.78 is 13.2. The second-order valence-corrected chi connectivity index (χ2v) is 6.05. The van der Waals surface area contributed by atoms with Crippen LogP contribution >= 0.6 is 11.6 Å². The van der Waals surface area contributed by atoms with Gasteiger partial charge in [-0.05, 0) is 52.7 Å². The van der Waals surface area contributed by atoms with Crippen molar-refractivity contribution in [1.82, 2.24) is 20.2 Å². The van der Waals surface area contributed by atoms with E-state index in [0.29, 0.717) is 42.2 Å². The maximum atomic E-state index is 5.92. The lowest BCUT2D eigenvalue weighted by molar-refractivity contribution is 0.269. The molecule has 8 heteroatoms. The number of nitrogens with zero attached hydrogens (tertiary/aromatic N) is 4. The van der Waals surface area contributed by atoms with Crippen molar-refractivity contribution < 1.29 is 9.47 Å². The quantitative estimate of drug-likeness (QED) is 0.651. The fraction of sp³-hybridized carbons (Fsp3) is 0.278. The van der Waals surface area contributed by atoms with E-state index in [9.17, 15) is 0 Å². The summed E-state index contributed by atoms with van der Waals surface area (Å²) >= 11 is 5.91. The summed E-state index contributed by atoms with van der Waals surface area (Å²) in [5.41, 5.74) is 2.08. The van der Waals surface area contributed by atoms with E-state index in [-0.39, 0.29) is 0 Å².